The molecular formula is C32H31N3O5S. The molecule has 0 saturated carbocycles. The van der Waals surface area contributed by atoms with E-state index in [1.54, 1.807) is 46.9 Å². The fourth-order valence-corrected chi connectivity index (χ4v) is 6.32. The molecule has 3 aromatic carbocycles. The molecule has 0 aliphatic carbocycles. The Labute approximate surface area is 241 Å². The van der Waals surface area contributed by atoms with Crippen molar-refractivity contribution in [3.63, 3.8) is 0 Å². The molecule has 9 heteroatoms. The molecule has 0 radical (unpaired) electrons. The Kier molecular flexibility index (Phi) is 7.90. The summed E-state index contributed by atoms with van der Waals surface area (Å²) < 4.78 is 12.7. The maximum absolute atomic E-state index is 14.2. The monoisotopic (exact) mass is 569 g/mol. The van der Waals surface area contributed by atoms with E-state index in [0.29, 0.717) is 45.0 Å². The molecule has 8 nitrogen and oxygen atoms in total. The summed E-state index contributed by atoms with van der Waals surface area (Å²) in [6.07, 6.45) is 1.77. The van der Waals surface area contributed by atoms with Crippen LogP contribution in [0.3, 0.4) is 0 Å². The zero-order chi connectivity index (χ0) is 29.3. The van der Waals surface area contributed by atoms with Crippen molar-refractivity contribution < 1.29 is 19.1 Å². The predicted octanol–water partition coefficient (Wildman–Crippen LogP) is 4.05. The Morgan fingerprint density at radius 2 is 1.73 bits per heavy atom. The maximum Gasteiger partial charge on any atom is 0.337 e. The summed E-state index contributed by atoms with van der Waals surface area (Å²) in [4.78, 5) is 47.1. The third-order valence-corrected chi connectivity index (χ3v) is 8.34. The molecule has 41 heavy (non-hydrogen) atoms. The van der Waals surface area contributed by atoms with Gasteiger partial charge in [-0.3, -0.25) is 14.2 Å². The van der Waals surface area contributed by atoms with Crippen molar-refractivity contribution in [2.45, 2.75) is 26.8 Å². The van der Waals surface area contributed by atoms with Crippen LogP contribution in [0.15, 0.2) is 81.7 Å². The average molecular weight is 570 g/mol. The number of carbonyl (C=O) groups is 2. The van der Waals surface area contributed by atoms with Crippen LogP contribution in [-0.2, 0) is 9.53 Å². The second-order valence-corrected chi connectivity index (χ2v) is 10.6. The van der Waals surface area contributed by atoms with Crippen LogP contribution in [0, 0.1) is 0 Å². The van der Waals surface area contributed by atoms with Gasteiger partial charge >= 0.3 is 5.97 Å². The molecule has 1 aromatic heterocycles. The van der Waals surface area contributed by atoms with E-state index in [2.05, 4.69) is 0 Å². The summed E-state index contributed by atoms with van der Waals surface area (Å²) in [5, 5.41) is 1.87. The topological polar surface area (TPSA) is 90.2 Å². The minimum Gasteiger partial charge on any atom is -0.496 e. The molecule has 2 heterocycles. The molecule has 5 rings (SSSR count). The van der Waals surface area contributed by atoms with E-state index in [1.165, 1.54) is 18.4 Å². The van der Waals surface area contributed by atoms with Crippen LogP contribution in [0.4, 0.5) is 0 Å². The minimum atomic E-state index is -0.746. The molecule has 0 N–H and O–H groups in total. The number of allylic oxidation sites excluding steroid dienone is 1. The first-order chi connectivity index (χ1) is 19.8. The lowest BCUT2D eigenvalue weighted by molar-refractivity contribution is -0.127. The van der Waals surface area contributed by atoms with Gasteiger partial charge in [-0.15, -0.1) is 0 Å². The number of benzene rings is 3. The largest absolute Gasteiger partial charge is 0.496 e. The van der Waals surface area contributed by atoms with Crippen molar-refractivity contribution in [2.75, 3.05) is 27.3 Å². The van der Waals surface area contributed by atoms with Gasteiger partial charge in [0.25, 0.3) is 11.5 Å². The molecule has 0 spiro atoms. The Bertz CT molecular complexity index is 1860. The number of methoxy groups -OCH3 is 2. The number of likely N-dealkylation sites (N-methyl/N-ethyl adjacent to an activating group) is 1. The number of esters is 1. The number of rotatable bonds is 7. The van der Waals surface area contributed by atoms with Gasteiger partial charge in [0.05, 0.1) is 35.6 Å². The summed E-state index contributed by atoms with van der Waals surface area (Å²) in [5.74, 6) is -0.00836. The molecule has 0 bridgehead atoms. The maximum atomic E-state index is 14.2. The molecule has 0 fully saturated rings. The molecular weight excluding hydrogens is 538 g/mol. The lowest BCUT2D eigenvalue weighted by atomic mass is 9.90. The van der Waals surface area contributed by atoms with Gasteiger partial charge in [-0.2, -0.15) is 0 Å². The summed E-state index contributed by atoms with van der Waals surface area (Å²) in [5.41, 5.74) is 2.66. The average Bonchev–Trinajstić information content (AvgIpc) is 3.30. The molecule has 1 aliphatic rings. The summed E-state index contributed by atoms with van der Waals surface area (Å²) in [6, 6.07) is 17.8. The van der Waals surface area contributed by atoms with Crippen LogP contribution in [-0.4, -0.2) is 48.7 Å². The molecule has 1 amide bonds. The molecule has 1 aliphatic heterocycles. The summed E-state index contributed by atoms with van der Waals surface area (Å²) >= 11 is 1.26. The Balaban J connectivity index is 1.79. The lowest BCUT2D eigenvalue weighted by Crippen LogP contribution is -2.43. The third-order valence-electron chi connectivity index (χ3n) is 7.36. The Hall–Kier alpha value is -4.50. The Morgan fingerprint density at radius 3 is 2.39 bits per heavy atom. The number of aromatic nitrogens is 1. The smallest absolute Gasteiger partial charge is 0.337 e. The van der Waals surface area contributed by atoms with E-state index in [9.17, 15) is 14.4 Å². The van der Waals surface area contributed by atoms with Crippen LogP contribution in [0.2, 0.25) is 0 Å². The molecule has 210 valence electrons. The number of carbonyl (C=O) groups excluding carboxylic acids is 2. The Morgan fingerprint density at radius 1 is 1.02 bits per heavy atom. The molecule has 4 aromatic rings. The van der Waals surface area contributed by atoms with Gasteiger partial charge in [0.15, 0.2) is 4.80 Å². The fraction of sp³-hybridized carbons (Fsp3) is 0.250. The van der Waals surface area contributed by atoms with Gasteiger partial charge in [-0.1, -0.05) is 53.8 Å². The molecule has 0 unspecified atom stereocenters. The second-order valence-electron chi connectivity index (χ2n) is 9.58. The van der Waals surface area contributed by atoms with E-state index in [1.807, 2.05) is 57.2 Å². The first-order valence-corrected chi connectivity index (χ1v) is 14.2. The first-order valence-electron chi connectivity index (χ1n) is 13.4. The number of ether oxygens (including phenoxy) is 2. The number of amides is 1. The highest BCUT2D eigenvalue weighted by Gasteiger charge is 2.36. The summed E-state index contributed by atoms with van der Waals surface area (Å²) in [6.45, 7) is 6.75. The van der Waals surface area contributed by atoms with Crippen LogP contribution in [0.25, 0.3) is 16.8 Å². The number of thiazole rings is 1. The van der Waals surface area contributed by atoms with Crippen molar-refractivity contribution in [2.24, 2.45) is 4.99 Å². The minimum absolute atomic E-state index is 0.163. The van der Waals surface area contributed by atoms with E-state index in [0.717, 1.165) is 21.9 Å². The highest BCUT2D eigenvalue weighted by atomic mass is 32.1. The van der Waals surface area contributed by atoms with Crippen molar-refractivity contribution in [3.8, 4) is 5.75 Å². The van der Waals surface area contributed by atoms with Crippen molar-refractivity contribution in [1.29, 1.82) is 0 Å². The van der Waals surface area contributed by atoms with Crippen LogP contribution < -0.4 is 19.6 Å². The van der Waals surface area contributed by atoms with E-state index >= 15 is 0 Å². The van der Waals surface area contributed by atoms with Crippen LogP contribution in [0.5, 0.6) is 5.75 Å². The van der Waals surface area contributed by atoms with Crippen molar-refractivity contribution >= 4 is 40.1 Å². The quantitative estimate of drug-likeness (QED) is 0.313. The number of hydrogen-bond donors (Lipinski definition) is 0. The van der Waals surface area contributed by atoms with Crippen LogP contribution in [0.1, 0.15) is 48.3 Å². The number of fused-ring (bicyclic) bond motifs is 2. The lowest BCUT2D eigenvalue weighted by Gasteiger charge is -2.30. The molecule has 0 saturated heterocycles. The van der Waals surface area contributed by atoms with Gasteiger partial charge in [0, 0.05) is 18.7 Å². The highest BCUT2D eigenvalue weighted by molar-refractivity contribution is 7.07. The fourth-order valence-electron chi connectivity index (χ4n) is 5.27. The SMILES string of the molecule is CCN(CC)C(=O)C1=C(C)N=c2s/c(=C/c3ccc(C(=O)OC)cc3)c(=O)n2[C@H]1c1c(OC)ccc2ccccc12. The van der Waals surface area contributed by atoms with Crippen LogP contribution >= 0.6 is 11.3 Å². The van der Waals surface area contributed by atoms with E-state index in [-0.39, 0.29) is 11.5 Å². The summed E-state index contributed by atoms with van der Waals surface area (Å²) in [7, 11) is 2.93. The second kappa shape index (κ2) is 11.5. The van der Waals surface area contributed by atoms with Crippen molar-refractivity contribution in [3.05, 3.63) is 108 Å². The van der Waals surface area contributed by atoms with Crippen molar-refractivity contribution in [1.82, 2.24) is 9.47 Å². The number of nitrogens with zero attached hydrogens (tertiary/aromatic N) is 3. The number of hydrogen-bond acceptors (Lipinski definition) is 7. The van der Waals surface area contributed by atoms with Gasteiger partial charge in [0.2, 0.25) is 0 Å². The third kappa shape index (κ3) is 4.97. The van der Waals surface area contributed by atoms with Gasteiger partial charge in [-0.25, -0.2) is 9.79 Å². The van der Waals surface area contributed by atoms with E-state index in [4.69, 9.17) is 14.5 Å². The van der Waals surface area contributed by atoms with Gasteiger partial charge in [0.1, 0.15) is 11.8 Å². The van der Waals surface area contributed by atoms with Gasteiger partial charge < -0.3 is 14.4 Å². The molecule has 1 atom stereocenters. The zero-order valence-electron chi connectivity index (χ0n) is 23.6. The van der Waals surface area contributed by atoms with E-state index < -0.39 is 12.0 Å². The zero-order valence-corrected chi connectivity index (χ0v) is 24.5. The van der Waals surface area contributed by atoms with Gasteiger partial charge in [-0.05, 0) is 61.4 Å². The highest BCUT2D eigenvalue weighted by Crippen LogP contribution is 2.40. The first kappa shape index (κ1) is 28.0. The standard InChI is InChI=1S/C32H31N3O5S/c1-6-34(7-2)30(37)26-19(3)33-32-35(28(26)27-23-11-9-8-10-21(23)16-17-24(27)39-4)29(36)25(41-32)18-20-12-14-22(15-13-20)31(38)40-5/h8-18,28H,6-7H2,1-5H3/b25-18+/t28-/m1/s1. The normalized spacial score (nSPS) is 15.0. The predicted molar refractivity (Wildman–Crippen MR) is 160 cm³/mol.